The fraction of sp³-hybridized carbons (Fsp3) is 0.364. The molecule has 3 aliphatic rings. The van der Waals surface area contributed by atoms with Crippen LogP contribution in [-0.4, -0.2) is 17.2 Å². The third kappa shape index (κ3) is 1.67. The summed E-state index contributed by atoms with van der Waals surface area (Å²) in [6.07, 6.45) is 6.95. The van der Waals surface area contributed by atoms with Gasteiger partial charge in [0.15, 0.2) is 0 Å². The highest BCUT2D eigenvalue weighted by Gasteiger charge is 2.35. The minimum absolute atomic E-state index is 0.0120. The molecule has 1 aliphatic carbocycles. The van der Waals surface area contributed by atoms with Crippen molar-refractivity contribution in [3.8, 4) is 0 Å². The highest BCUT2D eigenvalue weighted by Crippen LogP contribution is 2.37. The first-order chi connectivity index (χ1) is 7.33. The van der Waals surface area contributed by atoms with Crippen molar-refractivity contribution in [3.63, 3.8) is 0 Å². The van der Waals surface area contributed by atoms with Crippen molar-refractivity contribution in [2.45, 2.75) is 24.5 Å². The summed E-state index contributed by atoms with van der Waals surface area (Å²) >= 11 is 5.75. The zero-order valence-electron chi connectivity index (χ0n) is 7.97. The number of halogens is 1. The Morgan fingerprint density at radius 3 is 2.73 bits per heavy atom. The van der Waals surface area contributed by atoms with Gasteiger partial charge in [-0.1, -0.05) is 29.8 Å². The van der Waals surface area contributed by atoms with Gasteiger partial charge in [0, 0.05) is 12.1 Å². The molecule has 2 bridgehead atoms. The molecule has 3 atom stereocenters. The van der Waals surface area contributed by atoms with Crippen molar-refractivity contribution in [1.82, 2.24) is 4.98 Å². The van der Waals surface area contributed by atoms with Crippen LogP contribution in [0.4, 0.5) is 0 Å². The smallest absolute Gasteiger partial charge is 0.129 e. The predicted molar refractivity (Wildman–Crippen MR) is 55.5 cm³/mol. The Balaban J connectivity index is 1.89. The number of fused-ring (bicyclic) bond motifs is 2. The Hall–Kier alpha value is -0.900. The molecule has 0 N–H and O–H groups in total. The highest BCUT2D eigenvalue weighted by molar-refractivity contribution is 6.29. The van der Waals surface area contributed by atoms with Crippen LogP contribution in [-0.2, 0) is 9.78 Å². The van der Waals surface area contributed by atoms with E-state index in [1.807, 2.05) is 24.4 Å². The average Bonchev–Trinajstić information content (AvgIpc) is 2.31. The molecule has 3 heterocycles. The predicted octanol–water partition coefficient (Wildman–Crippen LogP) is 2.48. The summed E-state index contributed by atoms with van der Waals surface area (Å²) in [4.78, 5) is 14.4. The van der Waals surface area contributed by atoms with Gasteiger partial charge in [-0.2, -0.15) is 0 Å². The minimum atomic E-state index is 0.0120. The molecule has 1 saturated heterocycles. The molecule has 78 valence electrons. The molecule has 1 fully saturated rings. The van der Waals surface area contributed by atoms with E-state index in [0.29, 0.717) is 11.1 Å². The monoisotopic (exact) mass is 223 g/mol. The third-order valence-electron chi connectivity index (χ3n) is 2.87. The van der Waals surface area contributed by atoms with Crippen LogP contribution in [0.5, 0.6) is 0 Å². The molecule has 0 radical (unpaired) electrons. The largest absolute Gasteiger partial charge is 0.244 e. The maximum atomic E-state index is 5.75. The first kappa shape index (κ1) is 9.33. The van der Waals surface area contributed by atoms with Crippen LogP contribution in [0.1, 0.15) is 17.9 Å². The fourth-order valence-electron chi connectivity index (χ4n) is 2.07. The molecule has 1 aromatic rings. The molecule has 4 heteroatoms. The Labute approximate surface area is 92.6 Å². The lowest BCUT2D eigenvalue weighted by Crippen LogP contribution is -2.36. The molecule has 4 rings (SSSR count). The molecule has 1 aromatic heterocycles. The molecular formula is C11H10ClNO2. The number of hydrogen-bond acceptors (Lipinski definition) is 3. The molecule has 0 spiro atoms. The van der Waals surface area contributed by atoms with E-state index in [9.17, 15) is 0 Å². The van der Waals surface area contributed by atoms with Gasteiger partial charge in [0.1, 0.15) is 17.4 Å². The van der Waals surface area contributed by atoms with Crippen LogP contribution in [0.2, 0.25) is 5.15 Å². The van der Waals surface area contributed by atoms with Crippen LogP contribution in [0.15, 0.2) is 30.5 Å². The van der Waals surface area contributed by atoms with E-state index in [-0.39, 0.29) is 12.2 Å². The van der Waals surface area contributed by atoms with Gasteiger partial charge in [0.05, 0.1) is 0 Å². The van der Waals surface area contributed by atoms with Gasteiger partial charge in [0.25, 0.3) is 0 Å². The fourth-order valence-corrected chi connectivity index (χ4v) is 2.18. The molecule has 3 nitrogen and oxygen atoms in total. The van der Waals surface area contributed by atoms with Gasteiger partial charge in [-0.05, 0) is 18.1 Å². The van der Waals surface area contributed by atoms with Crippen molar-refractivity contribution >= 4 is 11.6 Å². The molecular weight excluding hydrogens is 214 g/mol. The average molecular weight is 224 g/mol. The van der Waals surface area contributed by atoms with Crippen LogP contribution < -0.4 is 0 Å². The van der Waals surface area contributed by atoms with Crippen LogP contribution in [0, 0.1) is 0 Å². The second-order valence-corrected chi connectivity index (χ2v) is 4.22. The summed E-state index contributed by atoms with van der Waals surface area (Å²) in [6.45, 7) is 0. The van der Waals surface area contributed by atoms with E-state index in [0.717, 1.165) is 12.0 Å². The summed E-state index contributed by atoms with van der Waals surface area (Å²) in [5.74, 6) is 0.332. The van der Waals surface area contributed by atoms with Crippen LogP contribution >= 0.6 is 11.6 Å². The highest BCUT2D eigenvalue weighted by atomic mass is 35.5. The van der Waals surface area contributed by atoms with Crippen LogP contribution in [0.3, 0.4) is 0 Å². The molecule has 2 aliphatic heterocycles. The molecule has 0 amide bonds. The number of aromatic nitrogens is 1. The van der Waals surface area contributed by atoms with Gasteiger partial charge in [-0.3, -0.25) is 0 Å². The second kappa shape index (κ2) is 3.59. The maximum absolute atomic E-state index is 5.75. The summed E-state index contributed by atoms with van der Waals surface area (Å²) in [7, 11) is 0. The van der Waals surface area contributed by atoms with Crippen molar-refractivity contribution < 1.29 is 9.78 Å². The SMILES string of the molecule is Clc1ccc([C@@H]2C[C@@H]3C=C[C@H]2OO3)cn1. The topological polar surface area (TPSA) is 31.4 Å². The number of hydrogen-bond donors (Lipinski definition) is 0. The normalized spacial score (nSPS) is 33.3. The molecule has 0 saturated carbocycles. The van der Waals surface area contributed by atoms with Gasteiger partial charge >= 0.3 is 0 Å². The van der Waals surface area contributed by atoms with Crippen LogP contribution in [0.25, 0.3) is 0 Å². The van der Waals surface area contributed by atoms with Crippen molar-refractivity contribution in [1.29, 1.82) is 0 Å². The lowest BCUT2D eigenvalue weighted by Gasteiger charge is -2.36. The zero-order chi connectivity index (χ0) is 10.3. The molecule has 15 heavy (non-hydrogen) atoms. The summed E-state index contributed by atoms with van der Waals surface area (Å²) in [5, 5.41) is 0.521. The standard InChI is InChI=1S/C11H10ClNO2/c12-11-4-1-7(6-13-11)9-5-8-2-3-10(9)15-14-8/h1-4,6,8-10H,5H2/t8-,9-,10+/m0/s1. The zero-order valence-corrected chi connectivity index (χ0v) is 8.72. The number of pyridine rings is 1. The van der Waals surface area contributed by atoms with Gasteiger partial charge < -0.3 is 0 Å². The van der Waals surface area contributed by atoms with E-state index in [4.69, 9.17) is 21.4 Å². The lowest BCUT2D eigenvalue weighted by molar-refractivity contribution is -0.366. The van der Waals surface area contributed by atoms with Gasteiger partial charge in [0.2, 0.25) is 0 Å². The van der Waals surface area contributed by atoms with Gasteiger partial charge in [-0.15, -0.1) is 0 Å². The van der Waals surface area contributed by atoms with E-state index in [2.05, 4.69) is 11.1 Å². The van der Waals surface area contributed by atoms with E-state index >= 15 is 0 Å². The third-order valence-corrected chi connectivity index (χ3v) is 3.09. The van der Waals surface area contributed by atoms with Crippen molar-refractivity contribution in [3.05, 3.63) is 41.2 Å². The summed E-state index contributed by atoms with van der Waals surface area (Å²) in [6, 6.07) is 3.81. The second-order valence-electron chi connectivity index (χ2n) is 3.84. The number of nitrogens with zero attached hydrogens (tertiary/aromatic N) is 1. The van der Waals surface area contributed by atoms with Crippen molar-refractivity contribution in [2.24, 2.45) is 0 Å². The Morgan fingerprint density at radius 2 is 2.20 bits per heavy atom. The Morgan fingerprint density at radius 1 is 1.27 bits per heavy atom. The molecule has 0 aromatic carbocycles. The summed E-state index contributed by atoms with van der Waals surface area (Å²) in [5.41, 5.74) is 1.15. The van der Waals surface area contributed by atoms with Gasteiger partial charge in [-0.25, -0.2) is 14.8 Å². The summed E-state index contributed by atoms with van der Waals surface area (Å²) < 4.78 is 0. The Bertz CT molecular complexity index is 390. The molecule has 0 unspecified atom stereocenters. The van der Waals surface area contributed by atoms with E-state index in [1.54, 1.807) is 0 Å². The minimum Gasteiger partial charge on any atom is -0.244 e. The first-order valence-corrected chi connectivity index (χ1v) is 5.32. The Kier molecular flexibility index (Phi) is 2.24. The van der Waals surface area contributed by atoms with Crippen molar-refractivity contribution in [2.75, 3.05) is 0 Å². The quantitative estimate of drug-likeness (QED) is 0.416. The number of rotatable bonds is 1. The lowest BCUT2D eigenvalue weighted by atomic mass is 9.84. The van der Waals surface area contributed by atoms with E-state index in [1.165, 1.54) is 0 Å². The maximum Gasteiger partial charge on any atom is 0.129 e. The first-order valence-electron chi connectivity index (χ1n) is 4.95. The van der Waals surface area contributed by atoms with E-state index < -0.39 is 0 Å².